The molecule has 0 saturated heterocycles. The van der Waals surface area contributed by atoms with Gasteiger partial charge in [-0.05, 0) is 24.7 Å². The monoisotopic (exact) mass is 199 g/mol. The van der Waals surface area contributed by atoms with Gasteiger partial charge < -0.3 is 10.7 Å². The minimum Gasteiger partial charge on any atom is -0.362 e. The summed E-state index contributed by atoms with van der Waals surface area (Å²) in [6.45, 7) is 1.68. The van der Waals surface area contributed by atoms with Crippen molar-refractivity contribution in [2.45, 2.75) is 13.0 Å². The maximum Gasteiger partial charge on any atom is 0.180 e. The van der Waals surface area contributed by atoms with Crippen LogP contribution in [0.1, 0.15) is 6.42 Å². The summed E-state index contributed by atoms with van der Waals surface area (Å²) in [6, 6.07) is 1.90. The van der Waals surface area contributed by atoms with E-state index in [0.29, 0.717) is 5.11 Å². The summed E-state index contributed by atoms with van der Waals surface area (Å²) in [5.74, 6) is 5.08. The lowest BCUT2D eigenvalue weighted by molar-refractivity contribution is 0.572. The first-order chi connectivity index (χ1) is 6.33. The predicted octanol–water partition coefficient (Wildman–Crippen LogP) is -0.389. The molecule has 1 rings (SSSR count). The molecule has 0 fully saturated rings. The van der Waals surface area contributed by atoms with Gasteiger partial charge in [-0.3, -0.25) is 4.68 Å². The zero-order valence-electron chi connectivity index (χ0n) is 7.23. The van der Waals surface area contributed by atoms with Crippen LogP contribution in [0.5, 0.6) is 0 Å². The first-order valence-corrected chi connectivity index (χ1v) is 4.45. The topological polar surface area (TPSA) is 67.9 Å². The van der Waals surface area contributed by atoms with E-state index in [2.05, 4.69) is 15.8 Å². The summed E-state index contributed by atoms with van der Waals surface area (Å²) in [5, 5.41) is 7.49. The molecule has 0 unspecified atom stereocenters. The van der Waals surface area contributed by atoms with E-state index >= 15 is 0 Å². The molecule has 1 aromatic heterocycles. The Morgan fingerprint density at radius 1 is 1.62 bits per heavy atom. The van der Waals surface area contributed by atoms with Crippen molar-refractivity contribution >= 4 is 17.3 Å². The van der Waals surface area contributed by atoms with Gasteiger partial charge >= 0.3 is 0 Å². The van der Waals surface area contributed by atoms with Gasteiger partial charge in [-0.25, -0.2) is 5.84 Å². The molecule has 0 atom stereocenters. The fourth-order valence-electron chi connectivity index (χ4n) is 0.927. The Morgan fingerprint density at radius 3 is 3.08 bits per heavy atom. The van der Waals surface area contributed by atoms with E-state index in [9.17, 15) is 0 Å². The number of hydrogen-bond acceptors (Lipinski definition) is 3. The number of hydrogen-bond donors (Lipinski definition) is 3. The summed E-state index contributed by atoms with van der Waals surface area (Å²) < 4.78 is 1.88. The van der Waals surface area contributed by atoms with Gasteiger partial charge in [-0.2, -0.15) is 5.10 Å². The normalized spacial score (nSPS) is 9.62. The Bertz CT molecular complexity index is 245. The van der Waals surface area contributed by atoms with Crippen LogP contribution in [0, 0.1) is 0 Å². The minimum atomic E-state index is 0.473. The zero-order chi connectivity index (χ0) is 9.52. The van der Waals surface area contributed by atoms with Crippen molar-refractivity contribution in [1.82, 2.24) is 20.5 Å². The van der Waals surface area contributed by atoms with Gasteiger partial charge in [-0.1, -0.05) is 0 Å². The average Bonchev–Trinajstić information content (AvgIpc) is 2.64. The largest absolute Gasteiger partial charge is 0.362 e. The Hall–Kier alpha value is -1.14. The highest BCUT2D eigenvalue weighted by Gasteiger charge is 1.92. The number of nitrogens with one attached hydrogen (secondary N) is 2. The zero-order valence-corrected chi connectivity index (χ0v) is 8.05. The van der Waals surface area contributed by atoms with Crippen LogP contribution in [0.25, 0.3) is 0 Å². The van der Waals surface area contributed by atoms with E-state index in [-0.39, 0.29) is 0 Å². The van der Waals surface area contributed by atoms with Crippen LogP contribution in [0.4, 0.5) is 0 Å². The number of thiocarbonyl (C=S) groups is 1. The Balaban J connectivity index is 2.05. The van der Waals surface area contributed by atoms with Gasteiger partial charge in [-0.15, -0.1) is 0 Å². The van der Waals surface area contributed by atoms with E-state index in [4.69, 9.17) is 18.1 Å². The van der Waals surface area contributed by atoms with Crippen molar-refractivity contribution in [3.05, 3.63) is 18.5 Å². The Labute approximate surface area is 82.3 Å². The highest BCUT2D eigenvalue weighted by molar-refractivity contribution is 7.80. The van der Waals surface area contributed by atoms with Crippen LogP contribution in [-0.2, 0) is 6.54 Å². The second-order valence-electron chi connectivity index (χ2n) is 2.52. The van der Waals surface area contributed by atoms with E-state index in [1.54, 1.807) is 6.20 Å². The highest BCUT2D eigenvalue weighted by Crippen LogP contribution is 1.87. The van der Waals surface area contributed by atoms with Crippen molar-refractivity contribution in [3.8, 4) is 0 Å². The average molecular weight is 199 g/mol. The second kappa shape index (κ2) is 5.50. The fraction of sp³-hybridized carbons (Fsp3) is 0.429. The third-order valence-corrected chi connectivity index (χ3v) is 1.80. The summed E-state index contributed by atoms with van der Waals surface area (Å²) in [4.78, 5) is 0. The number of aromatic nitrogens is 2. The summed E-state index contributed by atoms with van der Waals surface area (Å²) >= 11 is 4.80. The van der Waals surface area contributed by atoms with Crippen LogP contribution in [0.2, 0.25) is 0 Å². The minimum absolute atomic E-state index is 0.473. The molecule has 1 aromatic rings. The molecule has 4 N–H and O–H groups in total. The lowest BCUT2D eigenvalue weighted by Crippen LogP contribution is -2.40. The first kappa shape index (κ1) is 9.94. The van der Waals surface area contributed by atoms with E-state index < -0.39 is 0 Å². The van der Waals surface area contributed by atoms with E-state index in [0.717, 1.165) is 19.5 Å². The molecule has 0 aromatic carbocycles. The maximum atomic E-state index is 5.08. The Morgan fingerprint density at radius 2 is 2.46 bits per heavy atom. The van der Waals surface area contributed by atoms with Gasteiger partial charge in [0.25, 0.3) is 0 Å². The van der Waals surface area contributed by atoms with Crippen molar-refractivity contribution in [2.24, 2.45) is 5.84 Å². The SMILES string of the molecule is NNC(=S)NCCCn1cccn1. The molecule has 0 saturated carbocycles. The van der Waals surface area contributed by atoms with Crippen LogP contribution < -0.4 is 16.6 Å². The van der Waals surface area contributed by atoms with Crippen LogP contribution in [-0.4, -0.2) is 21.4 Å². The number of hydrazine groups is 1. The van der Waals surface area contributed by atoms with Crippen LogP contribution in [0.3, 0.4) is 0 Å². The molecule has 5 nitrogen and oxygen atoms in total. The maximum absolute atomic E-state index is 5.08. The van der Waals surface area contributed by atoms with Gasteiger partial charge in [0.2, 0.25) is 0 Å². The predicted molar refractivity (Wildman–Crippen MR) is 54.8 cm³/mol. The molecule has 13 heavy (non-hydrogen) atoms. The molecule has 6 heteroatoms. The molecule has 72 valence electrons. The first-order valence-electron chi connectivity index (χ1n) is 4.05. The van der Waals surface area contributed by atoms with Crippen molar-refractivity contribution in [3.63, 3.8) is 0 Å². The van der Waals surface area contributed by atoms with Crippen LogP contribution in [0.15, 0.2) is 18.5 Å². The van der Waals surface area contributed by atoms with E-state index in [1.165, 1.54) is 0 Å². The van der Waals surface area contributed by atoms with Crippen molar-refractivity contribution in [1.29, 1.82) is 0 Å². The number of aryl methyl sites for hydroxylation is 1. The van der Waals surface area contributed by atoms with Gasteiger partial charge in [0.1, 0.15) is 0 Å². The molecule has 0 bridgehead atoms. The number of nitrogens with two attached hydrogens (primary N) is 1. The lowest BCUT2D eigenvalue weighted by Gasteiger charge is -2.06. The summed E-state index contributed by atoms with van der Waals surface area (Å²) in [7, 11) is 0. The number of nitrogens with zero attached hydrogens (tertiary/aromatic N) is 2. The van der Waals surface area contributed by atoms with Crippen molar-refractivity contribution in [2.75, 3.05) is 6.54 Å². The van der Waals surface area contributed by atoms with Crippen LogP contribution >= 0.6 is 12.2 Å². The standard InChI is InChI=1S/C7H13N5S/c8-11-7(13)9-3-1-5-12-6-2-4-10-12/h2,4,6H,1,3,5,8H2,(H2,9,11,13). The number of rotatable bonds is 4. The molecule has 0 aliphatic heterocycles. The third-order valence-electron chi connectivity index (χ3n) is 1.54. The lowest BCUT2D eigenvalue weighted by atomic mass is 10.4. The van der Waals surface area contributed by atoms with Crippen molar-refractivity contribution < 1.29 is 0 Å². The summed E-state index contributed by atoms with van der Waals surface area (Å²) in [5.41, 5.74) is 2.36. The van der Waals surface area contributed by atoms with Gasteiger partial charge in [0.05, 0.1) is 0 Å². The fourth-order valence-corrected chi connectivity index (χ4v) is 1.03. The van der Waals surface area contributed by atoms with E-state index in [1.807, 2.05) is 16.9 Å². The Kier molecular flexibility index (Phi) is 4.20. The molecule has 0 amide bonds. The summed E-state index contributed by atoms with van der Waals surface area (Å²) in [6.07, 6.45) is 4.66. The highest BCUT2D eigenvalue weighted by atomic mass is 32.1. The van der Waals surface area contributed by atoms with Gasteiger partial charge in [0.15, 0.2) is 5.11 Å². The molecule has 1 heterocycles. The quantitative estimate of drug-likeness (QED) is 0.267. The molecular weight excluding hydrogens is 186 g/mol. The molecule has 0 aliphatic carbocycles. The van der Waals surface area contributed by atoms with Gasteiger partial charge in [0, 0.05) is 25.5 Å². The molecular formula is C7H13N5S. The molecule has 0 aliphatic rings. The molecule has 0 radical (unpaired) electrons. The smallest absolute Gasteiger partial charge is 0.180 e. The second-order valence-corrected chi connectivity index (χ2v) is 2.93. The molecule has 0 spiro atoms. The third kappa shape index (κ3) is 3.86.